The number of hydrogen-bond donors (Lipinski definition) is 2. The molecule has 0 aromatic heterocycles. The van der Waals surface area contributed by atoms with E-state index >= 15 is 0 Å². The Bertz CT molecular complexity index is 329. The SMILES string of the molecule is CCNC(=NCC1CCCC(C)C1)NCCN1CCOCC1. The Kier molecular flexibility index (Phi) is 8.02. The predicted molar refractivity (Wildman–Crippen MR) is 92.4 cm³/mol. The summed E-state index contributed by atoms with van der Waals surface area (Å²) in [5.74, 6) is 2.64. The summed E-state index contributed by atoms with van der Waals surface area (Å²) >= 11 is 0. The zero-order valence-electron chi connectivity index (χ0n) is 14.4. The minimum absolute atomic E-state index is 0.776. The highest BCUT2D eigenvalue weighted by Crippen LogP contribution is 2.28. The highest BCUT2D eigenvalue weighted by Gasteiger charge is 2.18. The molecule has 2 N–H and O–H groups in total. The molecule has 22 heavy (non-hydrogen) atoms. The molecule has 5 nitrogen and oxygen atoms in total. The second-order valence-electron chi connectivity index (χ2n) is 6.74. The first kappa shape index (κ1) is 17.5. The monoisotopic (exact) mass is 310 g/mol. The van der Waals surface area contributed by atoms with Crippen LogP contribution in [-0.4, -0.2) is 63.3 Å². The van der Waals surface area contributed by atoms with Crippen LogP contribution in [0.2, 0.25) is 0 Å². The maximum absolute atomic E-state index is 5.38. The van der Waals surface area contributed by atoms with Crippen molar-refractivity contribution in [1.29, 1.82) is 0 Å². The lowest BCUT2D eigenvalue weighted by Gasteiger charge is -2.27. The lowest BCUT2D eigenvalue weighted by atomic mass is 9.82. The lowest BCUT2D eigenvalue weighted by molar-refractivity contribution is 0.0389. The molecule has 0 radical (unpaired) electrons. The van der Waals surface area contributed by atoms with Crippen LogP contribution in [0.4, 0.5) is 0 Å². The smallest absolute Gasteiger partial charge is 0.191 e. The van der Waals surface area contributed by atoms with Crippen molar-refractivity contribution in [2.24, 2.45) is 16.8 Å². The van der Waals surface area contributed by atoms with Crippen LogP contribution in [0.15, 0.2) is 4.99 Å². The van der Waals surface area contributed by atoms with E-state index in [1.54, 1.807) is 0 Å². The molecule has 1 saturated carbocycles. The summed E-state index contributed by atoms with van der Waals surface area (Å²) in [6, 6.07) is 0. The van der Waals surface area contributed by atoms with E-state index in [0.29, 0.717) is 0 Å². The van der Waals surface area contributed by atoms with Crippen molar-refractivity contribution < 1.29 is 4.74 Å². The van der Waals surface area contributed by atoms with Crippen LogP contribution in [0, 0.1) is 11.8 Å². The topological polar surface area (TPSA) is 48.9 Å². The van der Waals surface area contributed by atoms with Crippen LogP contribution in [0.1, 0.15) is 39.5 Å². The lowest BCUT2D eigenvalue weighted by Crippen LogP contribution is -2.44. The molecule has 0 bridgehead atoms. The van der Waals surface area contributed by atoms with Crippen molar-refractivity contribution in [1.82, 2.24) is 15.5 Å². The van der Waals surface area contributed by atoms with Crippen LogP contribution < -0.4 is 10.6 Å². The summed E-state index contributed by atoms with van der Waals surface area (Å²) in [5.41, 5.74) is 0. The van der Waals surface area contributed by atoms with Gasteiger partial charge in [0, 0.05) is 39.3 Å². The number of guanidine groups is 1. The van der Waals surface area contributed by atoms with E-state index in [2.05, 4.69) is 29.4 Å². The molecule has 0 aromatic rings. The van der Waals surface area contributed by atoms with Crippen molar-refractivity contribution in [3.05, 3.63) is 0 Å². The summed E-state index contributed by atoms with van der Waals surface area (Å²) in [6.45, 7) is 12.2. The van der Waals surface area contributed by atoms with Gasteiger partial charge in [0.15, 0.2) is 5.96 Å². The largest absolute Gasteiger partial charge is 0.379 e. The van der Waals surface area contributed by atoms with Gasteiger partial charge >= 0.3 is 0 Å². The summed E-state index contributed by atoms with van der Waals surface area (Å²) in [6.07, 6.45) is 5.47. The fourth-order valence-electron chi connectivity index (χ4n) is 3.44. The summed E-state index contributed by atoms with van der Waals surface area (Å²) in [4.78, 5) is 7.25. The molecule has 0 spiro atoms. The second kappa shape index (κ2) is 10.1. The van der Waals surface area contributed by atoms with Gasteiger partial charge in [-0.3, -0.25) is 9.89 Å². The standard InChI is InChI=1S/C17H34N4O/c1-3-18-17(19-7-8-21-9-11-22-12-10-21)20-14-16-6-4-5-15(2)13-16/h15-16H,3-14H2,1-2H3,(H2,18,19,20). The fourth-order valence-corrected chi connectivity index (χ4v) is 3.44. The Morgan fingerprint density at radius 2 is 2.05 bits per heavy atom. The van der Waals surface area contributed by atoms with Crippen molar-refractivity contribution in [2.45, 2.75) is 39.5 Å². The quantitative estimate of drug-likeness (QED) is 0.579. The molecule has 1 heterocycles. The molecule has 1 saturated heterocycles. The van der Waals surface area contributed by atoms with Gasteiger partial charge in [-0.05, 0) is 31.6 Å². The van der Waals surface area contributed by atoms with E-state index in [-0.39, 0.29) is 0 Å². The van der Waals surface area contributed by atoms with Gasteiger partial charge in [0.1, 0.15) is 0 Å². The predicted octanol–water partition coefficient (Wildman–Crippen LogP) is 1.70. The number of nitrogens with zero attached hydrogens (tertiary/aromatic N) is 2. The molecular formula is C17H34N4O. The van der Waals surface area contributed by atoms with Gasteiger partial charge in [0.05, 0.1) is 13.2 Å². The van der Waals surface area contributed by atoms with Crippen LogP contribution in [0.25, 0.3) is 0 Å². The van der Waals surface area contributed by atoms with E-state index < -0.39 is 0 Å². The van der Waals surface area contributed by atoms with Crippen molar-refractivity contribution in [2.75, 3.05) is 52.5 Å². The number of hydrogen-bond acceptors (Lipinski definition) is 3. The molecule has 1 aliphatic carbocycles. The number of aliphatic imine (C=N–C) groups is 1. The molecule has 2 unspecified atom stereocenters. The van der Waals surface area contributed by atoms with Crippen LogP contribution in [-0.2, 0) is 4.74 Å². The molecule has 2 rings (SSSR count). The van der Waals surface area contributed by atoms with Gasteiger partial charge < -0.3 is 15.4 Å². The Hall–Kier alpha value is -0.810. The van der Waals surface area contributed by atoms with Gasteiger partial charge in [-0.15, -0.1) is 0 Å². The minimum Gasteiger partial charge on any atom is -0.379 e. The van der Waals surface area contributed by atoms with E-state index in [0.717, 1.165) is 70.3 Å². The molecule has 0 aromatic carbocycles. The van der Waals surface area contributed by atoms with E-state index in [1.165, 1.54) is 25.7 Å². The van der Waals surface area contributed by atoms with Gasteiger partial charge in [-0.1, -0.05) is 19.8 Å². The molecule has 128 valence electrons. The van der Waals surface area contributed by atoms with Crippen molar-refractivity contribution in [3.8, 4) is 0 Å². The summed E-state index contributed by atoms with van der Waals surface area (Å²) in [5, 5.41) is 6.84. The first-order valence-electron chi connectivity index (χ1n) is 9.10. The molecule has 0 amide bonds. The molecule has 2 aliphatic rings. The Labute approximate surface area is 135 Å². The minimum atomic E-state index is 0.776. The van der Waals surface area contributed by atoms with Crippen molar-refractivity contribution >= 4 is 5.96 Å². The first-order valence-corrected chi connectivity index (χ1v) is 9.10. The molecule has 1 aliphatic heterocycles. The first-order chi connectivity index (χ1) is 10.8. The molecule has 2 fully saturated rings. The van der Waals surface area contributed by atoms with Crippen molar-refractivity contribution in [3.63, 3.8) is 0 Å². The normalized spacial score (nSPS) is 27.6. The summed E-state index contributed by atoms with van der Waals surface area (Å²) < 4.78 is 5.38. The Morgan fingerprint density at radius 1 is 1.23 bits per heavy atom. The average molecular weight is 310 g/mol. The highest BCUT2D eigenvalue weighted by molar-refractivity contribution is 5.79. The van der Waals surface area contributed by atoms with Crippen LogP contribution >= 0.6 is 0 Å². The third-order valence-corrected chi connectivity index (χ3v) is 4.72. The average Bonchev–Trinajstić information content (AvgIpc) is 2.54. The van der Waals surface area contributed by atoms with Gasteiger partial charge in [0.25, 0.3) is 0 Å². The van der Waals surface area contributed by atoms with Gasteiger partial charge in [-0.2, -0.15) is 0 Å². The summed E-state index contributed by atoms with van der Waals surface area (Å²) in [7, 11) is 0. The molecular weight excluding hydrogens is 276 g/mol. The maximum atomic E-state index is 5.38. The number of morpholine rings is 1. The number of nitrogens with one attached hydrogen (secondary N) is 2. The number of rotatable bonds is 6. The molecule has 5 heteroatoms. The van der Waals surface area contributed by atoms with E-state index in [4.69, 9.17) is 9.73 Å². The van der Waals surface area contributed by atoms with E-state index in [1.807, 2.05) is 0 Å². The van der Waals surface area contributed by atoms with Gasteiger partial charge in [0.2, 0.25) is 0 Å². The van der Waals surface area contributed by atoms with Crippen LogP contribution in [0.3, 0.4) is 0 Å². The Morgan fingerprint density at radius 3 is 2.77 bits per heavy atom. The maximum Gasteiger partial charge on any atom is 0.191 e. The van der Waals surface area contributed by atoms with Crippen LogP contribution in [0.5, 0.6) is 0 Å². The Balaban J connectivity index is 1.69. The van der Waals surface area contributed by atoms with Gasteiger partial charge in [-0.25, -0.2) is 0 Å². The third-order valence-electron chi connectivity index (χ3n) is 4.72. The second-order valence-corrected chi connectivity index (χ2v) is 6.74. The third kappa shape index (κ3) is 6.53. The zero-order valence-corrected chi connectivity index (χ0v) is 14.4. The number of ether oxygens (including phenoxy) is 1. The fraction of sp³-hybridized carbons (Fsp3) is 0.941. The molecule has 2 atom stereocenters. The zero-order chi connectivity index (χ0) is 15.6. The highest BCUT2D eigenvalue weighted by atomic mass is 16.5. The van der Waals surface area contributed by atoms with E-state index in [9.17, 15) is 0 Å².